The Labute approximate surface area is 179 Å². The van der Waals surface area contributed by atoms with Gasteiger partial charge in [0.15, 0.2) is 5.69 Å². The summed E-state index contributed by atoms with van der Waals surface area (Å²) >= 11 is 10.6. The lowest BCUT2D eigenvalue weighted by Gasteiger charge is -2.12. The van der Waals surface area contributed by atoms with E-state index in [4.69, 9.17) is 21.1 Å². The lowest BCUT2D eigenvalue weighted by molar-refractivity contribution is 0.0520. The molecule has 3 rings (SSSR count). The van der Waals surface area contributed by atoms with Crippen molar-refractivity contribution in [1.82, 2.24) is 4.98 Å². The third kappa shape index (κ3) is 5.31. The molecule has 0 unspecified atom stereocenters. The third-order valence-electron chi connectivity index (χ3n) is 3.80. The minimum Gasteiger partial charge on any atom is -0.489 e. The molecule has 0 bridgehead atoms. The van der Waals surface area contributed by atoms with Gasteiger partial charge in [-0.25, -0.2) is 14.2 Å². The van der Waals surface area contributed by atoms with Gasteiger partial charge in [-0.3, -0.25) is 0 Å². The van der Waals surface area contributed by atoms with Crippen LogP contribution in [0.3, 0.4) is 0 Å². The fourth-order valence-corrected chi connectivity index (χ4v) is 3.83. The lowest BCUT2D eigenvalue weighted by atomic mass is 10.1. The highest BCUT2D eigenvalue weighted by Gasteiger charge is 2.14. The van der Waals surface area contributed by atoms with Crippen molar-refractivity contribution in [1.29, 1.82) is 0 Å². The van der Waals surface area contributed by atoms with Crippen LogP contribution in [0.25, 0.3) is 0 Å². The van der Waals surface area contributed by atoms with Gasteiger partial charge in [0.2, 0.25) is 0 Å². The molecule has 0 aliphatic rings. The summed E-state index contributed by atoms with van der Waals surface area (Å²) in [6.07, 6.45) is 0.474. The highest BCUT2D eigenvalue weighted by molar-refractivity contribution is 9.10. The molecule has 4 nitrogen and oxygen atoms in total. The Morgan fingerprint density at radius 1 is 1.25 bits per heavy atom. The van der Waals surface area contributed by atoms with Crippen LogP contribution in [0.5, 0.6) is 5.75 Å². The van der Waals surface area contributed by atoms with Crippen LogP contribution in [0.2, 0.25) is 5.02 Å². The van der Waals surface area contributed by atoms with Gasteiger partial charge in [-0.15, -0.1) is 11.3 Å². The molecule has 146 valence electrons. The number of hydrogen-bond acceptors (Lipinski definition) is 5. The van der Waals surface area contributed by atoms with Crippen molar-refractivity contribution >= 4 is 44.8 Å². The summed E-state index contributed by atoms with van der Waals surface area (Å²) in [6, 6.07) is 10.1. The molecule has 0 fully saturated rings. The number of carbonyl (C=O) groups is 1. The number of aromatic nitrogens is 1. The van der Waals surface area contributed by atoms with E-state index in [2.05, 4.69) is 20.9 Å². The summed E-state index contributed by atoms with van der Waals surface area (Å²) in [5, 5.41) is 2.77. The van der Waals surface area contributed by atoms with Crippen molar-refractivity contribution in [3.63, 3.8) is 0 Å². The van der Waals surface area contributed by atoms with Crippen molar-refractivity contribution in [2.45, 2.75) is 20.0 Å². The van der Waals surface area contributed by atoms with Gasteiger partial charge in [0.05, 0.1) is 11.6 Å². The van der Waals surface area contributed by atoms with Crippen molar-refractivity contribution in [2.24, 2.45) is 0 Å². The quantitative estimate of drug-likeness (QED) is 0.383. The van der Waals surface area contributed by atoms with Gasteiger partial charge in [0.1, 0.15) is 18.2 Å². The van der Waals surface area contributed by atoms with E-state index in [-0.39, 0.29) is 6.61 Å². The maximum absolute atomic E-state index is 14.0. The van der Waals surface area contributed by atoms with Crippen LogP contribution in [0.1, 0.15) is 33.5 Å². The number of ether oxygens (including phenoxy) is 2. The predicted octanol–water partition coefficient (Wildman–Crippen LogP) is 6.04. The Morgan fingerprint density at radius 2 is 2.07 bits per heavy atom. The molecule has 3 aromatic rings. The first-order valence-electron chi connectivity index (χ1n) is 8.43. The normalized spacial score (nSPS) is 10.7. The van der Waals surface area contributed by atoms with Crippen LogP contribution >= 0.6 is 38.9 Å². The second-order valence-corrected chi connectivity index (χ2v) is 8.09. The van der Waals surface area contributed by atoms with Crippen LogP contribution in [-0.4, -0.2) is 17.6 Å². The summed E-state index contributed by atoms with van der Waals surface area (Å²) in [5.74, 6) is -0.232. The number of esters is 1. The van der Waals surface area contributed by atoms with E-state index in [0.717, 1.165) is 15.0 Å². The van der Waals surface area contributed by atoms with Crippen LogP contribution < -0.4 is 4.74 Å². The van der Waals surface area contributed by atoms with Gasteiger partial charge >= 0.3 is 5.97 Å². The number of hydrogen-bond donors (Lipinski definition) is 0. The van der Waals surface area contributed by atoms with E-state index in [9.17, 15) is 9.18 Å². The fraction of sp³-hybridized carbons (Fsp3) is 0.200. The molecule has 0 amide bonds. The van der Waals surface area contributed by atoms with Gasteiger partial charge in [-0.05, 0) is 37.3 Å². The maximum atomic E-state index is 14.0. The highest BCUT2D eigenvalue weighted by Crippen LogP contribution is 2.28. The molecule has 0 aliphatic heterocycles. The van der Waals surface area contributed by atoms with E-state index in [0.29, 0.717) is 35.1 Å². The summed E-state index contributed by atoms with van der Waals surface area (Å²) < 4.78 is 25.7. The maximum Gasteiger partial charge on any atom is 0.357 e. The molecule has 0 spiro atoms. The first-order chi connectivity index (χ1) is 13.5. The van der Waals surface area contributed by atoms with E-state index in [1.807, 2.05) is 18.2 Å². The zero-order chi connectivity index (χ0) is 20.1. The van der Waals surface area contributed by atoms with Crippen LogP contribution in [0.15, 0.2) is 46.3 Å². The monoisotopic (exact) mass is 483 g/mol. The lowest BCUT2D eigenvalue weighted by Crippen LogP contribution is -2.05. The van der Waals surface area contributed by atoms with E-state index in [1.54, 1.807) is 24.4 Å². The third-order valence-corrected chi connectivity index (χ3v) is 5.38. The average Bonchev–Trinajstić information content (AvgIpc) is 3.11. The largest absolute Gasteiger partial charge is 0.489 e. The second kappa shape index (κ2) is 9.49. The molecule has 28 heavy (non-hydrogen) atoms. The number of benzene rings is 2. The van der Waals surface area contributed by atoms with E-state index in [1.165, 1.54) is 17.4 Å². The number of nitrogens with zero attached hydrogens (tertiary/aromatic N) is 1. The summed E-state index contributed by atoms with van der Waals surface area (Å²) in [4.78, 5) is 16.1. The van der Waals surface area contributed by atoms with Crippen molar-refractivity contribution < 1.29 is 18.7 Å². The molecule has 0 radical (unpaired) electrons. The van der Waals surface area contributed by atoms with Gasteiger partial charge in [-0.1, -0.05) is 33.6 Å². The molecule has 1 heterocycles. The van der Waals surface area contributed by atoms with Crippen LogP contribution in [0, 0.1) is 5.82 Å². The Balaban J connectivity index is 1.76. The Morgan fingerprint density at radius 3 is 2.82 bits per heavy atom. The van der Waals surface area contributed by atoms with Gasteiger partial charge in [0.25, 0.3) is 0 Å². The Kier molecular flexibility index (Phi) is 7.04. The topological polar surface area (TPSA) is 48.4 Å². The Bertz CT molecular complexity index is 995. The smallest absolute Gasteiger partial charge is 0.357 e. The van der Waals surface area contributed by atoms with Crippen molar-refractivity contribution in [3.8, 4) is 5.75 Å². The van der Waals surface area contributed by atoms with Crippen molar-refractivity contribution in [2.75, 3.05) is 6.61 Å². The summed E-state index contributed by atoms with van der Waals surface area (Å²) in [7, 11) is 0. The van der Waals surface area contributed by atoms with Crippen molar-refractivity contribution in [3.05, 3.63) is 78.9 Å². The first-order valence-corrected chi connectivity index (χ1v) is 10.5. The SMILES string of the molecule is CCOC(=O)c1csc(Cc2cc(Br)ccc2OCc2ccc(Cl)cc2F)n1. The first kappa shape index (κ1) is 20.8. The molecule has 2 aromatic carbocycles. The van der Waals surface area contributed by atoms with Gasteiger partial charge < -0.3 is 9.47 Å². The summed E-state index contributed by atoms with van der Waals surface area (Å²) in [6.45, 7) is 2.12. The van der Waals surface area contributed by atoms with E-state index >= 15 is 0 Å². The number of carbonyl (C=O) groups excluding carboxylic acids is 1. The number of rotatable bonds is 7. The van der Waals surface area contributed by atoms with Crippen LogP contribution in [-0.2, 0) is 17.8 Å². The molecule has 0 N–H and O–H groups in total. The molecule has 0 aliphatic carbocycles. The molecule has 0 saturated carbocycles. The molecular weight excluding hydrogens is 469 g/mol. The minimum absolute atomic E-state index is 0.0730. The van der Waals surface area contributed by atoms with Crippen LogP contribution in [0.4, 0.5) is 4.39 Å². The Hall–Kier alpha value is -1.96. The molecule has 0 atom stereocenters. The molecule has 0 saturated heterocycles. The van der Waals surface area contributed by atoms with Gasteiger partial charge in [0, 0.05) is 32.4 Å². The van der Waals surface area contributed by atoms with E-state index < -0.39 is 11.8 Å². The molecular formula is C20H16BrClFNO3S. The molecule has 8 heteroatoms. The standard InChI is InChI=1S/C20H16BrClFNO3S/c1-2-26-20(25)17-11-28-19(24-17)8-13-7-14(21)4-6-18(13)27-10-12-3-5-15(22)9-16(12)23/h3-7,9,11H,2,8,10H2,1H3. The summed E-state index contributed by atoms with van der Waals surface area (Å²) in [5.41, 5.74) is 1.58. The fourth-order valence-electron chi connectivity index (χ4n) is 2.48. The zero-order valence-corrected chi connectivity index (χ0v) is 18.0. The predicted molar refractivity (Wildman–Crippen MR) is 111 cm³/mol. The number of thiazole rings is 1. The highest BCUT2D eigenvalue weighted by atomic mass is 79.9. The zero-order valence-electron chi connectivity index (χ0n) is 14.9. The average molecular weight is 485 g/mol. The second-order valence-electron chi connectivity index (χ2n) is 5.80. The molecule has 1 aromatic heterocycles. The number of halogens is 3. The minimum atomic E-state index is -0.436. The van der Waals surface area contributed by atoms with Gasteiger partial charge in [-0.2, -0.15) is 0 Å².